The van der Waals surface area contributed by atoms with Crippen molar-refractivity contribution >= 4 is 23.7 Å². The molecular formula is C22H28FNOS. The number of carbonyl (C=O) groups is 1. The highest BCUT2D eigenvalue weighted by atomic mass is 32.2. The zero-order valence-corrected chi connectivity index (χ0v) is 16.7. The molecule has 26 heavy (non-hydrogen) atoms. The highest BCUT2D eigenvalue weighted by Gasteiger charge is 2.18. The lowest BCUT2D eigenvalue weighted by Crippen LogP contribution is -2.26. The van der Waals surface area contributed by atoms with E-state index in [2.05, 4.69) is 18.7 Å². The molecule has 0 bridgehead atoms. The van der Waals surface area contributed by atoms with Crippen LogP contribution in [-0.2, 0) is 0 Å². The highest BCUT2D eigenvalue weighted by Crippen LogP contribution is 2.40. The Morgan fingerprint density at radius 1 is 1.04 bits per heavy atom. The summed E-state index contributed by atoms with van der Waals surface area (Å²) in [5.74, 6) is -0.237. The molecule has 0 radical (unpaired) electrons. The fraction of sp³-hybridized carbons (Fsp3) is 0.409. The van der Waals surface area contributed by atoms with Crippen LogP contribution < -0.4 is 4.90 Å². The van der Waals surface area contributed by atoms with Crippen molar-refractivity contribution in [3.63, 3.8) is 0 Å². The van der Waals surface area contributed by atoms with Crippen LogP contribution in [0.3, 0.4) is 0 Å². The van der Waals surface area contributed by atoms with Crippen LogP contribution in [0, 0.1) is 5.82 Å². The minimum Gasteiger partial charge on any atom is -0.371 e. The Hall–Kier alpha value is -1.81. The average molecular weight is 374 g/mol. The minimum absolute atomic E-state index is 0.237. The van der Waals surface area contributed by atoms with E-state index >= 15 is 0 Å². The summed E-state index contributed by atoms with van der Waals surface area (Å²) in [6.07, 6.45) is 7.38. The van der Waals surface area contributed by atoms with Crippen LogP contribution in [0.4, 0.5) is 10.1 Å². The van der Waals surface area contributed by atoms with Gasteiger partial charge in [0.1, 0.15) is 12.1 Å². The molecule has 0 aliphatic heterocycles. The number of rotatable bonds is 10. The number of nitrogens with zero attached hydrogens (tertiary/aromatic N) is 1. The first-order valence-electron chi connectivity index (χ1n) is 9.32. The standard InChI is InChI=1S/C22H28FNOS/c1-4-6-12-24(13-7-5-2)20-14-17(16-25)15-21(26-3)22(20)18-8-10-19(23)11-9-18/h8-11,14-16H,4-7,12-13H2,1-3H3. The van der Waals surface area contributed by atoms with Crippen molar-refractivity contribution in [1.29, 1.82) is 0 Å². The van der Waals surface area contributed by atoms with Crippen LogP contribution in [0.15, 0.2) is 41.3 Å². The lowest BCUT2D eigenvalue weighted by Gasteiger charge is -2.29. The largest absolute Gasteiger partial charge is 0.371 e. The SMILES string of the molecule is CCCCN(CCCC)c1cc(C=O)cc(SC)c1-c1ccc(F)cc1. The van der Waals surface area contributed by atoms with Gasteiger partial charge in [-0.05, 0) is 48.9 Å². The maximum Gasteiger partial charge on any atom is 0.150 e. The maximum atomic E-state index is 13.4. The van der Waals surface area contributed by atoms with E-state index in [0.29, 0.717) is 5.56 Å². The first-order valence-corrected chi connectivity index (χ1v) is 10.5. The fourth-order valence-corrected chi connectivity index (χ4v) is 3.74. The molecule has 0 atom stereocenters. The first-order chi connectivity index (χ1) is 12.6. The van der Waals surface area contributed by atoms with Gasteiger partial charge in [-0.2, -0.15) is 0 Å². The molecule has 0 N–H and O–H groups in total. The smallest absolute Gasteiger partial charge is 0.150 e. The molecule has 0 aliphatic carbocycles. The van der Waals surface area contributed by atoms with Crippen molar-refractivity contribution in [1.82, 2.24) is 0 Å². The van der Waals surface area contributed by atoms with Crippen LogP contribution in [0.1, 0.15) is 49.9 Å². The number of aldehydes is 1. The van der Waals surface area contributed by atoms with Crippen molar-refractivity contribution in [2.45, 2.75) is 44.4 Å². The van der Waals surface area contributed by atoms with Gasteiger partial charge in [0.05, 0.1) is 0 Å². The molecule has 4 heteroatoms. The Bertz CT molecular complexity index is 707. The molecule has 0 saturated heterocycles. The second kappa shape index (κ2) is 10.4. The van der Waals surface area contributed by atoms with E-state index in [1.54, 1.807) is 11.8 Å². The molecule has 0 spiro atoms. The molecule has 0 aliphatic rings. The number of carbonyl (C=O) groups excluding carboxylic acids is 1. The molecule has 2 nitrogen and oxygen atoms in total. The van der Waals surface area contributed by atoms with Gasteiger partial charge in [0.15, 0.2) is 0 Å². The summed E-state index contributed by atoms with van der Waals surface area (Å²) < 4.78 is 13.4. The monoisotopic (exact) mass is 373 g/mol. The predicted molar refractivity (Wildman–Crippen MR) is 111 cm³/mol. The fourth-order valence-electron chi connectivity index (χ4n) is 3.06. The molecule has 140 valence electrons. The van der Waals surface area contributed by atoms with Crippen LogP contribution in [-0.4, -0.2) is 25.6 Å². The Labute approximate surface area is 160 Å². The number of thioether (sulfide) groups is 1. The van der Waals surface area contributed by atoms with Crippen LogP contribution >= 0.6 is 11.8 Å². The van der Waals surface area contributed by atoms with E-state index in [-0.39, 0.29) is 5.82 Å². The van der Waals surface area contributed by atoms with E-state index in [0.717, 1.165) is 66.8 Å². The molecule has 0 aromatic heterocycles. The molecule has 0 unspecified atom stereocenters. The predicted octanol–water partition coefficient (Wildman–Crippen LogP) is 6.43. The van der Waals surface area contributed by atoms with Crippen molar-refractivity contribution in [3.8, 4) is 11.1 Å². The third-order valence-electron chi connectivity index (χ3n) is 4.50. The molecule has 0 amide bonds. The average Bonchev–Trinajstić information content (AvgIpc) is 2.68. The quantitative estimate of drug-likeness (QED) is 0.353. The Morgan fingerprint density at radius 3 is 2.15 bits per heavy atom. The minimum atomic E-state index is -0.237. The molecule has 0 heterocycles. The van der Waals surface area contributed by atoms with Gasteiger partial charge in [-0.1, -0.05) is 38.8 Å². The Balaban J connectivity index is 2.62. The third-order valence-corrected chi connectivity index (χ3v) is 5.26. The second-order valence-electron chi connectivity index (χ2n) is 6.44. The van der Waals surface area contributed by atoms with Crippen LogP contribution in [0.25, 0.3) is 11.1 Å². The summed E-state index contributed by atoms with van der Waals surface area (Å²) in [5.41, 5.74) is 3.84. The van der Waals surface area contributed by atoms with E-state index in [4.69, 9.17) is 0 Å². The summed E-state index contributed by atoms with van der Waals surface area (Å²) in [6, 6.07) is 10.6. The van der Waals surface area contributed by atoms with Gasteiger partial charge >= 0.3 is 0 Å². The second-order valence-corrected chi connectivity index (χ2v) is 7.28. The third kappa shape index (κ3) is 5.10. The number of unbranched alkanes of at least 4 members (excludes halogenated alkanes) is 2. The molecular weight excluding hydrogens is 345 g/mol. The van der Waals surface area contributed by atoms with Crippen LogP contribution in [0.5, 0.6) is 0 Å². The summed E-state index contributed by atoms with van der Waals surface area (Å²) >= 11 is 1.62. The van der Waals surface area contributed by atoms with Crippen molar-refractivity contribution in [3.05, 3.63) is 47.8 Å². The van der Waals surface area contributed by atoms with E-state index in [1.807, 2.05) is 30.5 Å². The first kappa shape index (κ1) is 20.5. The normalized spacial score (nSPS) is 10.8. The summed E-state index contributed by atoms with van der Waals surface area (Å²) in [4.78, 5) is 14.9. The highest BCUT2D eigenvalue weighted by molar-refractivity contribution is 7.98. The van der Waals surface area contributed by atoms with Gasteiger partial charge in [0.25, 0.3) is 0 Å². The van der Waals surface area contributed by atoms with Gasteiger partial charge in [-0.25, -0.2) is 4.39 Å². The molecule has 0 saturated carbocycles. The van der Waals surface area contributed by atoms with E-state index in [9.17, 15) is 9.18 Å². The Morgan fingerprint density at radius 2 is 1.65 bits per heavy atom. The van der Waals surface area contributed by atoms with E-state index in [1.165, 1.54) is 12.1 Å². The van der Waals surface area contributed by atoms with Crippen molar-refractivity contribution in [2.24, 2.45) is 0 Å². The van der Waals surface area contributed by atoms with Gasteiger partial charge in [0, 0.05) is 34.8 Å². The maximum absolute atomic E-state index is 13.4. The number of halogens is 1. The van der Waals surface area contributed by atoms with Gasteiger partial charge in [-0.15, -0.1) is 11.8 Å². The molecule has 0 fully saturated rings. The molecule has 2 rings (SSSR count). The van der Waals surface area contributed by atoms with Crippen molar-refractivity contribution < 1.29 is 9.18 Å². The zero-order valence-electron chi connectivity index (χ0n) is 15.9. The topological polar surface area (TPSA) is 20.3 Å². The molecule has 2 aromatic carbocycles. The summed E-state index contributed by atoms with van der Waals surface area (Å²) in [6.45, 7) is 6.30. The zero-order chi connectivity index (χ0) is 18.9. The Kier molecular flexibility index (Phi) is 8.17. The van der Waals surface area contributed by atoms with E-state index < -0.39 is 0 Å². The summed E-state index contributed by atoms with van der Waals surface area (Å²) in [7, 11) is 0. The number of hydrogen-bond acceptors (Lipinski definition) is 3. The molecule has 2 aromatic rings. The van der Waals surface area contributed by atoms with Crippen LogP contribution in [0.2, 0.25) is 0 Å². The van der Waals surface area contributed by atoms with Gasteiger partial charge in [0.2, 0.25) is 0 Å². The lowest BCUT2D eigenvalue weighted by atomic mass is 10.00. The number of benzene rings is 2. The number of anilines is 1. The van der Waals surface area contributed by atoms with Gasteiger partial charge < -0.3 is 4.90 Å². The summed E-state index contributed by atoms with van der Waals surface area (Å²) in [5, 5.41) is 0. The lowest BCUT2D eigenvalue weighted by molar-refractivity contribution is 0.112. The number of hydrogen-bond donors (Lipinski definition) is 0. The van der Waals surface area contributed by atoms with Crippen molar-refractivity contribution in [2.75, 3.05) is 24.2 Å². The van der Waals surface area contributed by atoms with Gasteiger partial charge in [-0.3, -0.25) is 4.79 Å².